The third kappa shape index (κ3) is 5.39. The minimum atomic E-state index is -0.352. The van der Waals surface area contributed by atoms with Crippen LogP contribution in [0.2, 0.25) is 0 Å². The second-order valence-electron chi connectivity index (χ2n) is 9.22. The summed E-state index contributed by atoms with van der Waals surface area (Å²) in [4.78, 5) is 16.9. The number of hydrogen-bond donors (Lipinski definition) is 2. The normalized spacial score (nSPS) is 14.7. The monoisotopic (exact) mass is 483 g/mol. The number of carbonyl (C=O) groups excluding carboxylic acids is 1. The zero-order valence-electron chi connectivity index (χ0n) is 20.4. The fourth-order valence-corrected chi connectivity index (χ4v) is 4.15. The number of pyridine rings is 1. The van der Waals surface area contributed by atoms with Crippen molar-refractivity contribution in [3.63, 3.8) is 0 Å². The molecule has 2 N–H and O–H groups in total. The Morgan fingerprint density at radius 3 is 2.31 bits per heavy atom. The van der Waals surface area contributed by atoms with Crippen LogP contribution in [0.1, 0.15) is 31.0 Å². The fourth-order valence-electron chi connectivity index (χ4n) is 4.15. The zero-order valence-corrected chi connectivity index (χ0v) is 20.4. The lowest BCUT2D eigenvalue weighted by molar-refractivity contribution is 0.0549. The van der Waals surface area contributed by atoms with Gasteiger partial charge < -0.3 is 14.8 Å². The van der Waals surface area contributed by atoms with Crippen LogP contribution in [0.5, 0.6) is 11.5 Å². The summed E-state index contributed by atoms with van der Waals surface area (Å²) < 4.78 is 13.1. The van der Waals surface area contributed by atoms with E-state index in [2.05, 4.69) is 22.5 Å². The lowest BCUT2D eigenvalue weighted by Crippen LogP contribution is -2.31. The molecule has 3 heterocycles. The SMILES string of the molecule is Cc1ccc(-n2nc(C3(C)CCOCC3)cc2NC(=O)Nc2ccc(Oc3ccncc3)cc2)cc1. The van der Waals surface area contributed by atoms with Gasteiger partial charge in [-0.1, -0.05) is 24.6 Å². The Morgan fingerprint density at radius 1 is 0.944 bits per heavy atom. The van der Waals surface area contributed by atoms with Gasteiger partial charge in [0.1, 0.15) is 17.3 Å². The molecule has 2 aromatic carbocycles. The molecule has 36 heavy (non-hydrogen) atoms. The minimum Gasteiger partial charge on any atom is -0.457 e. The molecular weight excluding hydrogens is 454 g/mol. The van der Waals surface area contributed by atoms with Gasteiger partial charge in [0.05, 0.1) is 11.4 Å². The van der Waals surface area contributed by atoms with Crippen LogP contribution in [-0.2, 0) is 10.2 Å². The van der Waals surface area contributed by atoms with E-state index in [1.165, 1.54) is 0 Å². The summed E-state index contributed by atoms with van der Waals surface area (Å²) in [6, 6.07) is 20.4. The second-order valence-corrected chi connectivity index (χ2v) is 9.22. The third-order valence-electron chi connectivity index (χ3n) is 6.44. The third-order valence-corrected chi connectivity index (χ3v) is 6.44. The molecule has 2 amide bonds. The first-order valence-electron chi connectivity index (χ1n) is 12.0. The highest BCUT2D eigenvalue weighted by molar-refractivity contribution is 5.99. The number of nitrogens with one attached hydrogen (secondary N) is 2. The highest BCUT2D eigenvalue weighted by atomic mass is 16.5. The number of nitrogens with zero attached hydrogens (tertiary/aromatic N) is 3. The number of rotatable bonds is 6. The van der Waals surface area contributed by atoms with Crippen molar-refractivity contribution in [2.24, 2.45) is 0 Å². The Hall–Kier alpha value is -4.17. The molecule has 1 saturated heterocycles. The van der Waals surface area contributed by atoms with Crippen LogP contribution in [0.25, 0.3) is 5.69 Å². The minimum absolute atomic E-state index is 0.105. The van der Waals surface area contributed by atoms with Crippen molar-refractivity contribution in [1.82, 2.24) is 14.8 Å². The first-order chi connectivity index (χ1) is 17.5. The number of amides is 2. The van der Waals surface area contributed by atoms with Crippen LogP contribution in [0.15, 0.2) is 79.1 Å². The van der Waals surface area contributed by atoms with Crippen molar-refractivity contribution in [3.8, 4) is 17.2 Å². The molecule has 0 bridgehead atoms. The van der Waals surface area contributed by atoms with Crippen LogP contribution in [0.3, 0.4) is 0 Å². The van der Waals surface area contributed by atoms with Gasteiger partial charge in [0.2, 0.25) is 0 Å². The van der Waals surface area contributed by atoms with Crippen LogP contribution >= 0.6 is 0 Å². The van der Waals surface area contributed by atoms with Gasteiger partial charge in [-0.3, -0.25) is 10.3 Å². The lowest BCUT2D eigenvalue weighted by atomic mass is 9.79. The maximum absolute atomic E-state index is 12.9. The average molecular weight is 484 g/mol. The molecule has 0 atom stereocenters. The maximum atomic E-state index is 12.9. The molecule has 4 aromatic rings. The quantitative estimate of drug-likeness (QED) is 0.347. The summed E-state index contributed by atoms with van der Waals surface area (Å²) in [6.45, 7) is 5.66. The van der Waals surface area contributed by atoms with Gasteiger partial charge in [-0.2, -0.15) is 5.10 Å². The van der Waals surface area contributed by atoms with Crippen LogP contribution in [0.4, 0.5) is 16.3 Å². The van der Waals surface area contributed by atoms with Gasteiger partial charge in [0.15, 0.2) is 0 Å². The lowest BCUT2D eigenvalue weighted by Gasteiger charge is -2.31. The number of ether oxygens (including phenoxy) is 2. The van der Waals surface area contributed by atoms with Crippen LogP contribution in [-0.4, -0.2) is 34.0 Å². The van der Waals surface area contributed by atoms with E-state index < -0.39 is 0 Å². The van der Waals surface area contributed by atoms with E-state index in [9.17, 15) is 4.79 Å². The van der Waals surface area contributed by atoms with Gasteiger partial charge in [0, 0.05) is 42.8 Å². The van der Waals surface area contributed by atoms with Crippen molar-refractivity contribution >= 4 is 17.5 Å². The largest absolute Gasteiger partial charge is 0.457 e. The van der Waals surface area contributed by atoms with E-state index in [1.807, 2.05) is 37.3 Å². The first-order valence-corrected chi connectivity index (χ1v) is 12.0. The molecule has 8 heteroatoms. The Bertz CT molecular complexity index is 1310. The van der Waals surface area contributed by atoms with E-state index in [1.54, 1.807) is 53.5 Å². The molecule has 1 aliphatic heterocycles. The van der Waals surface area contributed by atoms with Crippen molar-refractivity contribution in [2.75, 3.05) is 23.8 Å². The molecule has 1 aliphatic rings. The topological polar surface area (TPSA) is 90.3 Å². The predicted octanol–water partition coefficient (Wildman–Crippen LogP) is 6.08. The Morgan fingerprint density at radius 2 is 1.61 bits per heavy atom. The van der Waals surface area contributed by atoms with Crippen LogP contribution < -0.4 is 15.4 Å². The average Bonchev–Trinajstić information content (AvgIpc) is 3.31. The van der Waals surface area contributed by atoms with E-state index in [0.29, 0.717) is 36.2 Å². The summed E-state index contributed by atoms with van der Waals surface area (Å²) in [5, 5.41) is 10.8. The second kappa shape index (κ2) is 10.2. The van der Waals surface area contributed by atoms with Gasteiger partial charge in [-0.25, -0.2) is 9.48 Å². The fraction of sp³-hybridized carbons (Fsp3) is 0.250. The molecule has 0 aliphatic carbocycles. The standard InChI is InChI=1S/C28H29N5O3/c1-20-3-7-22(8-4-20)33-26(19-25(32-33)28(2)13-17-35-18-14-28)31-27(34)30-21-5-9-23(10-6-21)36-24-11-15-29-16-12-24/h3-12,15-16,19H,13-14,17-18H2,1-2H3,(H2,30,31,34). The van der Waals surface area contributed by atoms with Crippen molar-refractivity contribution in [2.45, 2.75) is 32.1 Å². The molecule has 5 rings (SSSR count). The molecule has 2 aromatic heterocycles. The van der Waals surface area contributed by atoms with Crippen molar-refractivity contribution in [3.05, 3.63) is 90.4 Å². The summed E-state index contributed by atoms with van der Waals surface area (Å²) in [5.74, 6) is 1.97. The summed E-state index contributed by atoms with van der Waals surface area (Å²) in [7, 11) is 0. The van der Waals surface area contributed by atoms with E-state index >= 15 is 0 Å². The molecule has 8 nitrogen and oxygen atoms in total. The Kier molecular flexibility index (Phi) is 6.69. The smallest absolute Gasteiger partial charge is 0.324 e. The summed E-state index contributed by atoms with van der Waals surface area (Å²) in [5.41, 5.74) is 3.53. The predicted molar refractivity (Wildman–Crippen MR) is 139 cm³/mol. The number of anilines is 2. The van der Waals surface area contributed by atoms with Crippen molar-refractivity contribution < 1.29 is 14.3 Å². The van der Waals surface area contributed by atoms with Crippen molar-refractivity contribution in [1.29, 1.82) is 0 Å². The van der Waals surface area contributed by atoms with E-state index in [0.717, 1.165) is 29.8 Å². The van der Waals surface area contributed by atoms with Gasteiger partial charge in [0.25, 0.3) is 0 Å². The molecular formula is C28H29N5O3. The number of urea groups is 1. The molecule has 0 unspecified atom stereocenters. The van der Waals surface area contributed by atoms with Crippen LogP contribution in [0, 0.1) is 6.92 Å². The number of carbonyl (C=O) groups is 1. The molecule has 0 radical (unpaired) electrons. The highest BCUT2D eigenvalue weighted by Crippen LogP contribution is 2.35. The number of aryl methyl sites for hydroxylation is 1. The molecule has 0 saturated carbocycles. The van der Waals surface area contributed by atoms with Gasteiger partial charge in [-0.05, 0) is 68.3 Å². The Labute approximate surface area is 210 Å². The van der Waals surface area contributed by atoms with Gasteiger partial charge in [-0.15, -0.1) is 0 Å². The van der Waals surface area contributed by atoms with Gasteiger partial charge >= 0.3 is 6.03 Å². The summed E-state index contributed by atoms with van der Waals surface area (Å²) in [6.07, 6.45) is 5.12. The van der Waals surface area contributed by atoms with E-state index in [-0.39, 0.29) is 11.4 Å². The number of benzene rings is 2. The Balaban J connectivity index is 1.33. The molecule has 1 fully saturated rings. The zero-order chi connectivity index (χ0) is 25.0. The molecule has 184 valence electrons. The summed E-state index contributed by atoms with van der Waals surface area (Å²) >= 11 is 0. The highest BCUT2D eigenvalue weighted by Gasteiger charge is 2.33. The number of hydrogen-bond acceptors (Lipinski definition) is 5. The maximum Gasteiger partial charge on any atom is 0.324 e. The first kappa shape index (κ1) is 23.6. The molecule has 0 spiro atoms. The number of aromatic nitrogens is 3. The van der Waals surface area contributed by atoms with E-state index in [4.69, 9.17) is 14.6 Å².